The third-order valence-electron chi connectivity index (χ3n) is 9.54. The summed E-state index contributed by atoms with van der Waals surface area (Å²) in [7, 11) is 1.88. The third-order valence-corrected chi connectivity index (χ3v) is 9.54. The molecule has 3 aromatic rings. The Morgan fingerprint density at radius 3 is 2.42 bits per heavy atom. The molecule has 3 aromatic carbocycles. The predicted molar refractivity (Wildman–Crippen MR) is 153 cm³/mol. The van der Waals surface area contributed by atoms with Crippen LogP contribution in [0.2, 0.25) is 0 Å². The van der Waals surface area contributed by atoms with Crippen molar-refractivity contribution in [3.63, 3.8) is 0 Å². The van der Waals surface area contributed by atoms with Gasteiger partial charge in [0.15, 0.2) is 5.78 Å². The highest BCUT2D eigenvalue weighted by Gasteiger charge is 2.53. The Hall–Kier alpha value is -3.24. The number of carbonyl (C=O) groups excluding carboxylic acids is 2. The topological polar surface area (TPSA) is 40.6 Å². The second-order valence-electron chi connectivity index (χ2n) is 12.0. The Bertz CT molecular complexity index is 1340. The SMILES string of the molecule is C[C@H]1C2C(=O)c3ccc(C(=O)N(C)CCc4ccc(-c5ccccc5)cc4)cc3[C@@]1(C)CCN2CC1CC1. The number of amides is 1. The van der Waals surface area contributed by atoms with Gasteiger partial charge < -0.3 is 4.90 Å². The summed E-state index contributed by atoms with van der Waals surface area (Å²) in [4.78, 5) is 31.4. The number of likely N-dealkylation sites (tertiary alicyclic amines) is 1. The Morgan fingerprint density at radius 2 is 1.71 bits per heavy atom. The van der Waals surface area contributed by atoms with Crippen molar-refractivity contribution in [2.24, 2.45) is 11.8 Å². The van der Waals surface area contributed by atoms with E-state index in [0.717, 1.165) is 43.0 Å². The van der Waals surface area contributed by atoms with E-state index in [0.29, 0.717) is 12.1 Å². The van der Waals surface area contributed by atoms with Crippen LogP contribution in [0.25, 0.3) is 11.1 Å². The predicted octanol–water partition coefficient (Wildman–Crippen LogP) is 6.24. The van der Waals surface area contributed by atoms with Gasteiger partial charge in [0.1, 0.15) is 0 Å². The maximum atomic E-state index is 13.6. The number of carbonyl (C=O) groups is 2. The van der Waals surface area contributed by atoms with Crippen LogP contribution in [-0.2, 0) is 11.8 Å². The van der Waals surface area contributed by atoms with Gasteiger partial charge in [0.05, 0.1) is 6.04 Å². The molecule has 1 saturated carbocycles. The maximum absolute atomic E-state index is 13.6. The van der Waals surface area contributed by atoms with Crippen LogP contribution in [0.15, 0.2) is 72.8 Å². The average Bonchev–Trinajstić information content (AvgIpc) is 3.77. The quantitative estimate of drug-likeness (QED) is 0.381. The van der Waals surface area contributed by atoms with Crippen LogP contribution in [-0.4, -0.2) is 54.2 Å². The number of hydrogen-bond donors (Lipinski definition) is 0. The molecule has 4 heteroatoms. The molecule has 3 atom stereocenters. The number of benzene rings is 3. The lowest BCUT2D eigenvalue weighted by molar-refractivity contribution is 0.0265. The van der Waals surface area contributed by atoms with E-state index < -0.39 is 0 Å². The Labute approximate surface area is 226 Å². The van der Waals surface area contributed by atoms with Crippen molar-refractivity contribution >= 4 is 11.7 Å². The van der Waals surface area contributed by atoms with Gasteiger partial charge in [0.25, 0.3) is 5.91 Å². The number of likely N-dealkylation sites (N-methyl/N-ethyl adjacent to an activating group) is 1. The molecule has 1 unspecified atom stereocenters. The number of Topliss-reactive ketones (excluding diaryl/α,β-unsaturated/α-hetero) is 1. The van der Waals surface area contributed by atoms with Gasteiger partial charge in [-0.15, -0.1) is 0 Å². The van der Waals surface area contributed by atoms with E-state index in [1.54, 1.807) is 0 Å². The molecule has 3 aliphatic rings. The molecule has 1 amide bonds. The molecule has 2 aliphatic carbocycles. The van der Waals surface area contributed by atoms with Crippen LogP contribution in [0, 0.1) is 11.8 Å². The lowest BCUT2D eigenvalue weighted by atomic mass is 9.58. The summed E-state index contributed by atoms with van der Waals surface area (Å²) in [6, 6.07) is 24.8. The highest BCUT2D eigenvalue weighted by molar-refractivity contribution is 6.05. The minimum absolute atomic E-state index is 0.0192. The number of nitrogens with zero attached hydrogens (tertiary/aromatic N) is 2. The fourth-order valence-electron chi connectivity index (χ4n) is 6.65. The third kappa shape index (κ3) is 4.49. The first kappa shape index (κ1) is 25.1. The average molecular weight is 507 g/mol. The maximum Gasteiger partial charge on any atom is 0.253 e. The Morgan fingerprint density at radius 1 is 1.00 bits per heavy atom. The molecule has 4 nitrogen and oxygen atoms in total. The van der Waals surface area contributed by atoms with Gasteiger partial charge in [-0.2, -0.15) is 0 Å². The van der Waals surface area contributed by atoms with E-state index >= 15 is 0 Å². The molecular formula is C34H38N2O2. The normalized spacial score (nSPS) is 24.7. The minimum Gasteiger partial charge on any atom is -0.341 e. The van der Waals surface area contributed by atoms with Crippen LogP contribution in [0.3, 0.4) is 0 Å². The molecule has 6 rings (SSSR count). The van der Waals surface area contributed by atoms with E-state index in [4.69, 9.17) is 0 Å². The van der Waals surface area contributed by atoms with Gasteiger partial charge in [-0.3, -0.25) is 14.5 Å². The second-order valence-corrected chi connectivity index (χ2v) is 12.0. The van der Waals surface area contributed by atoms with Gasteiger partial charge >= 0.3 is 0 Å². The molecule has 1 saturated heterocycles. The molecular weight excluding hydrogens is 468 g/mol. The number of piperidine rings is 1. The van der Waals surface area contributed by atoms with E-state index in [1.807, 2.05) is 36.2 Å². The molecule has 0 aromatic heterocycles. The summed E-state index contributed by atoms with van der Waals surface area (Å²) in [6.45, 7) is 7.22. The van der Waals surface area contributed by atoms with Crippen molar-refractivity contribution in [3.8, 4) is 11.1 Å². The minimum atomic E-state index is -0.0800. The van der Waals surface area contributed by atoms with Crippen molar-refractivity contribution in [2.75, 3.05) is 26.7 Å². The van der Waals surface area contributed by atoms with Gasteiger partial charge in [-0.05, 0) is 83.9 Å². The number of rotatable bonds is 7. The van der Waals surface area contributed by atoms with Crippen LogP contribution in [0.4, 0.5) is 0 Å². The molecule has 196 valence electrons. The summed E-state index contributed by atoms with van der Waals surface area (Å²) >= 11 is 0. The lowest BCUT2D eigenvalue weighted by Gasteiger charge is -2.53. The number of fused-ring (bicyclic) bond motifs is 4. The molecule has 1 heterocycles. The first-order chi connectivity index (χ1) is 18.3. The standard InChI is InChI=1S/C34H38N2O2/c1-23-31-32(37)29-16-15-28(21-30(29)34(23,2)18-20-36(31)22-25-9-10-25)33(38)35(3)19-17-24-11-13-27(14-12-24)26-7-5-4-6-8-26/h4-8,11-16,21,23,25,31H,9-10,17-20,22H2,1-3H3/t23-,31?,34-/m0/s1. The highest BCUT2D eigenvalue weighted by atomic mass is 16.2. The zero-order valence-electron chi connectivity index (χ0n) is 22.8. The molecule has 38 heavy (non-hydrogen) atoms. The van der Waals surface area contributed by atoms with Gasteiger partial charge in [0, 0.05) is 31.3 Å². The summed E-state index contributed by atoms with van der Waals surface area (Å²) < 4.78 is 0. The molecule has 2 bridgehead atoms. The van der Waals surface area contributed by atoms with Gasteiger partial charge in [-0.1, -0.05) is 74.5 Å². The lowest BCUT2D eigenvalue weighted by Crippen LogP contribution is -2.61. The number of ketones is 1. The monoisotopic (exact) mass is 506 g/mol. The van der Waals surface area contributed by atoms with Crippen molar-refractivity contribution < 1.29 is 9.59 Å². The first-order valence-corrected chi connectivity index (χ1v) is 14.2. The largest absolute Gasteiger partial charge is 0.341 e. The summed E-state index contributed by atoms with van der Waals surface area (Å²) in [5.74, 6) is 1.29. The fourth-order valence-corrected chi connectivity index (χ4v) is 6.65. The van der Waals surface area contributed by atoms with Crippen LogP contribution in [0.5, 0.6) is 0 Å². The van der Waals surface area contributed by atoms with Gasteiger partial charge in [0.2, 0.25) is 0 Å². The molecule has 0 N–H and O–H groups in total. The summed E-state index contributed by atoms with van der Waals surface area (Å²) in [5, 5.41) is 0. The van der Waals surface area contributed by atoms with Crippen LogP contribution >= 0.6 is 0 Å². The van der Waals surface area contributed by atoms with Crippen LogP contribution < -0.4 is 0 Å². The summed E-state index contributed by atoms with van der Waals surface area (Å²) in [5.41, 5.74) is 6.13. The number of hydrogen-bond acceptors (Lipinski definition) is 3. The van der Waals surface area contributed by atoms with E-state index in [2.05, 4.69) is 67.3 Å². The van der Waals surface area contributed by atoms with E-state index in [1.165, 1.54) is 29.5 Å². The van der Waals surface area contributed by atoms with Crippen molar-refractivity contribution in [2.45, 2.75) is 51.0 Å². The Balaban J connectivity index is 1.16. The van der Waals surface area contributed by atoms with E-state index in [-0.39, 0.29) is 29.1 Å². The molecule has 0 spiro atoms. The van der Waals surface area contributed by atoms with Crippen molar-refractivity contribution in [3.05, 3.63) is 95.1 Å². The van der Waals surface area contributed by atoms with Crippen molar-refractivity contribution in [1.29, 1.82) is 0 Å². The summed E-state index contributed by atoms with van der Waals surface area (Å²) in [6.07, 6.45) is 4.44. The molecule has 2 fully saturated rings. The first-order valence-electron chi connectivity index (χ1n) is 14.2. The van der Waals surface area contributed by atoms with Crippen LogP contribution in [0.1, 0.15) is 65.0 Å². The molecule has 0 radical (unpaired) electrons. The highest BCUT2D eigenvalue weighted by Crippen LogP contribution is 2.49. The fraction of sp³-hybridized carbons (Fsp3) is 0.412. The zero-order valence-corrected chi connectivity index (χ0v) is 22.8. The van der Waals surface area contributed by atoms with Gasteiger partial charge in [-0.25, -0.2) is 0 Å². The van der Waals surface area contributed by atoms with E-state index in [9.17, 15) is 9.59 Å². The van der Waals surface area contributed by atoms with Crippen molar-refractivity contribution in [1.82, 2.24) is 9.80 Å². The second kappa shape index (κ2) is 9.81. The Kier molecular flexibility index (Phi) is 6.47. The molecule has 1 aliphatic heterocycles. The smallest absolute Gasteiger partial charge is 0.253 e. The zero-order chi connectivity index (χ0) is 26.4.